The summed E-state index contributed by atoms with van der Waals surface area (Å²) in [5.74, 6) is -0.136. The van der Waals surface area contributed by atoms with Crippen LogP contribution in [0, 0.1) is 0 Å². The smallest absolute Gasteiger partial charge is 0.255 e. The number of hydrogen-bond donors (Lipinski definition) is 1. The number of aliphatic hydroxyl groups excluding tert-OH is 1. The fourth-order valence-corrected chi connectivity index (χ4v) is 2.43. The summed E-state index contributed by atoms with van der Waals surface area (Å²) in [4.78, 5) is 14.0. The van der Waals surface area contributed by atoms with E-state index in [9.17, 15) is 4.79 Å². The second-order valence-corrected chi connectivity index (χ2v) is 5.26. The molecule has 1 heterocycles. The Hall–Kier alpha value is -0.620. The van der Waals surface area contributed by atoms with E-state index in [1.165, 1.54) is 0 Å². The van der Waals surface area contributed by atoms with Gasteiger partial charge in [0.15, 0.2) is 0 Å². The van der Waals surface area contributed by atoms with Gasteiger partial charge >= 0.3 is 0 Å². The number of ether oxygens (including phenoxy) is 1. The summed E-state index contributed by atoms with van der Waals surface area (Å²) in [5.41, 5.74) is 0.463. The van der Waals surface area contributed by atoms with Gasteiger partial charge < -0.3 is 14.7 Å². The molecule has 0 spiro atoms. The molecule has 1 aromatic rings. The van der Waals surface area contributed by atoms with Crippen molar-refractivity contribution in [3.8, 4) is 0 Å². The second kappa shape index (κ2) is 6.02. The van der Waals surface area contributed by atoms with Gasteiger partial charge in [-0.05, 0) is 28.1 Å². The van der Waals surface area contributed by atoms with Crippen molar-refractivity contribution in [2.45, 2.75) is 6.10 Å². The largest absolute Gasteiger partial charge is 0.394 e. The van der Waals surface area contributed by atoms with Crippen LogP contribution in [0.3, 0.4) is 0 Å². The molecule has 1 N–H and O–H groups in total. The van der Waals surface area contributed by atoms with Gasteiger partial charge in [-0.25, -0.2) is 0 Å². The molecular formula is C12H13BrClNO3. The zero-order valence-electron chi connectivity index (χ0n) is 9.60. The van der Waals surface area contributed by atoms with Gasteiger partial charge in [-0.2, -0.15) is 0 Å². The molecule has 0 bridgehead atoms. The third-order valence-electron chi connectivity index (χ3n) is 2.81. The maximum atomic E-state index is 12.3. The van der Waals surface area contributed by atoms with Gasteiger partial charge in [0.1, 0.15) is 0 Å². The Kier molecular flexibility index (Phi) is 4.61. The second-order valence-electron chi connectivity index (χ2n) is 4.03. The Labute approximate surface area is 119 Å². The van der Waals surface area contributed by atoms with Crippen LogP contribution in [-0.2, 0) is 4.74 Å². The minimum Gasteiger partial charge on any atom is -0.394 e. The predicted octanol–water partition coefficient (Wildman–Crippen LogP) is 1.94. The highest BCUT2D eigenvalue weighted by Gasteiger charge is 2.26. The number of carbonyl (C=O) groups excluding carboxylic acids is 1. The summed E-state index contributed by atoms with van der Waals surface area (Å²) in [6.45, 7) is 1.24. The van der Waals surface area contributed by atoms with Gasteiger partial charge in [0.05, 0.1) is 29.9 Å². The first kappa shape index (κ1) is 13.8. The standard InChI is InChI=1S/C12H13BrClNO3/c13-10-3-1-2-9(11(10)14)12(17)15-4-5-18-8(6-15)7-16/h1-3,8,16H,4-7H2. The number of benzene rings is 1. The lowest BCUT2D eigenvalue weighted by Crippen LogP contribution is -2.47. The topological polar surface area (TPSA) is 49.8 Å². The molecule has 6 heteroatoms. The first-order valence-electron chi connectivity index (χ1n) is 5.59. The molecular weight excluding hydrogens is 321 g/mol. The van der Waals surface area contributed by atoms with Crippen molar-refractivity contribution in [1.82, 2.24) is 4.90 Å². The molecule has 0 saturated carbocycles. The van der Waals surface area contributed by atoms with E-state index in [1.807, 2.05) is 0 Å². The maximum absolute atomic E-state index is 12.3. The number of morpholine rings is 1. The summed E-state index contributed by atoms with van der Waals surface area (Å²) in [7, 11) is 0. The van der Waals surface area contributed by atoms with E-state index in [0.29, 0.717) is 34.8 Å². The Bertz CT molecular complexity index is 455. The van der Waals surface area contributed by atoms with E-state index < -0.39 is 0 Å². The third kappa shape index (κ3) is 2.85. The van der Waals surface area contributed by atoms with Gasteiger partial charge in [0, 0.05) is 17.6 Å². The average Bonchev–Trinajstić information content (AvgIpc) is 2.41. The molecule has 1 aromatic carbocycles. The minimum atomic E-state index is -0.311. The average molecular weight is 335 g/mol. The van der Waals surface area contributed by atoms with E-state index in [1.54, 1.807) is 23.1 Å². The molecule has 1 atom stereocenters. The quantitative estimate of drug-likeness (QED) is 0.899. The van der Waals surface area contributed by atoms with Crippen LogP contribution in [0.5, 0.6) is 0 Å². The number of carbonyl (C=O) groups is 1. The molecule has 4 nitrogen and oxygen atoms in total. The van der Waals surface area contributed by atoms with Crippen molar-refractivity contribution in [3.05, 3.63) is 33.3 Å². The lowest BCUT2D eigenvalue weighted by molar-refractivity contribution is -0.0447. The molecule has 1 saturated heterocycles. The first-order valence-corrected chi connectivity index (χ1v) is 6.76. The van der Waals surface area contributed by atoms with E-state index >= 15 is 0 Å². The van der Waals surface area contributed by atoms with Gasteiger partial charge in [0.2, 0.25) is 0 Å². The zero-order valence-corrected chi connectivity index (χ0v) is 11.9. The molecule has 2 rings (SSSR count). The molecule has 0 aliphatic carbocycles. The molecule has 1 aliphatic rings. The van der Waals surface area contributed by atoms with E-state index in [2.05, 4.69) is 15.9 Å². The lowest BCUT2D eigenvalue weighted by atomic mass is 10.1. The SMILES string of the molecule is O=C(c1cccc(Br)c1Cl)N1CCOC(CO)C1. The van der Waals surface area contributed by atoms with E-state index in [-0.39, 0.29) is 18.6 Å². The van der Waals surface area contributed by atoms with Crippen molar-refractivity contribution in [3.63, 3.8) is 0 Å². The number of hydrogen-bond acceptors (Lipinski definition) is 3. The summed E-state index contributed by atoms with van der Waals surface area (Å²) < 4.78 is 6.01. The summed E-state index contributed by atoms with van der Waals surface area (Å²) in [6, 6.07) is 5.25. The highest BCUT2D eigenvalue weighted by molar-refractivity contribution is 9.10. The lowest BCUT2D eigenvalue weighted by Gasteiger charge is -2.32. The van der Waals surface area contributed by atoms with Gasteiger partial charge in [0.25, 0.3) is 5.91 Å². The predicted molar refractivity (Wildman–Crippen MR) is 71.9 cm³/mol. The van der Waals surface area contributed by atoms with E-state index in [4.69, 9.17) is 21.4 Å². The van der Waals surface area contributed by atoms with Gasteiger partial charge in [-0.3, -0.25) is 4.79 Å². The van der Waals surface area contributed by atoms with Crippen LogP contribution < -0.4 is 0 Å². The summed E-state index contributed by atoms with van der Waals surface area (Å²) in [5, 5.41) is 9.47. The molecule has 1 amide bonds. The fourth-order valence-electron chi connectivity index (χ4n) is 1.85. The molecule has 98 valence electrons. The Balaban J connectivity index is 2.18. The van der Waals surface area contributed by atoms with Crippen molar-refractivity contribution in [2.24, 2.45) is 0 Å². The third-order valence-corrected chi connectivity index (χ3v) is 4.11. The number of rotatable bonds is 2. The maximum Gasteiger partial charge on any atom is 0.255 e. The van der Waals surface area contributed by atoms with Gasteiger partial charge in [-0.1, -0.05) is 17.7 Å². The van der Waals surface area contributed by atoms with Crippen LogP contribution in [0.25, 0.3) is 0 Å². The minimum absolute atomic E-state index is 0.0873. The zero-order chi connectivity index (χ0) is 13.1. The molecule has 0 radical (unpaired) electrons. The first-order chi connectivity index (χ1) is 8.63. The number of nitrogens with zero attached hydrogens (tertiary/aromatic N) is 1. The normalized spacial score (nSPS) is 19.9. The Morgan fingerprint density at radius 1 is 1.61 bits per heavy atom. The van der Waals surface area contributed by atoms with E-state index in [0.717, 1.165) is 0 Å². The highest BCUT2D eigenvalue weighted by Crippen LogP contribution is 2.27. The summed E-state index contributed by atoms with van der Waals surface area (Å²) >= 11 is 9.40. The van der Waals surface area contributed by atoms with Crippen LogP contribution in [0.15, 0.2) is 22.7 Å². The summed E-state index contributed by atoms with van der Waals surface area (Å²) in [6.07, 6.45) is -0.311. The molecule has 1 unspecified atom stereocenters. The molecule has 18 heavy (non-hydrogen) atoms. The number of amides is 1. The monoisotopic (exact) mass is 333 g/mol. The molecule has 0 aromatic heterocycles. The Morgan fingerprint density at radius 2 is 2.39 bits per heavy atom. The highest BCUT2D eigenvalue weighted by atomic mass is 79.9. The molecule has 1 fully saturated rings. The van der Waals surface area contributed by atoms with Crippen molar-refractivity contribution < 1.29 is 14.6 Å². The number of halogens is 2. The van der Waals surface area contributed by atoms with Crippen LogP contribution in [0.1, 0.15) is 10.4 Å². The van der Waals surface area contributed by atoms with Crippen LogP contribution in [0.4, 0.5) is 0 Å². The van der Waals surface area contributed by atoms with Gasteiger partial charge in [-0.15, -0.1) is 0 Å². The fraction of sp³-hybridized carbons (Fsp3) is 0.417. The number of aliphatic hydroxyl groups is 1. The van der Waals surface area contributed by atoms with Crippen LogP contribution >= 0.6 is 27.5 Å². The Morgan fingerprint density at radius 3 is 3.11 bits per heavy atom. The molecule has 1 aliphatic heterocycles. The van der Waals surface area contributed by atoms with Crippen LogP contribution in [-0.4, -0.2) is 48.3 Å². The van der Waals surface area contributed by atoms with Crippen molar-refractivity contribution in [1.29, 1.82) is 0 Å². The van der Waals surface area contributed by atoms with Crippen LogP contribution in [0.2, 0.25) is 5.02 Å². The van der Waals surface area contributed by atoms with Crippen molar-refractivity contribution >= 4 is 33.4 Å². The van der Waals surface area contributed by atoms with Crippen molar-refractivity contribution in [2.75, 3.05) is 26.3 Å².